The Morgan fingerprint density at radius 3 is 2.52 bits per heavy atom. The smallest absolute Gasteiger partial charge is 0.325 e. The van der Waals surface area contributed by atoms with E-state index in [-0.39, 0.29) is 25.2 Å². The van der Waals surface area contributed by atoms with Gasteiger partial charge in [0, 0.05) is 24.7 Å². The summed E-state index contributed by atoms with van der Waals surface area (Å²) in [5, 5.41) is 2.44. The van der Waals surface area contributed by atoms with Crippen molar-refractivity contribution in [2.75, 3.05) is 24.6 Å². The van der Waals surface area contributed by atoms with Crippen LogP contribution in [0.1, 0.15) is 19.3 Å². The number of nitrogens with one attached hydrogen (secondary N) is 1. The van der Waals surface area contributed by atoms with Crippen LogP contribution >= 0.6 is 0 Å². The highest BCUT2D eigenvalue weighted by Crippen LogP contribution is 2.29. The molecule has 1 atom stereocenters. The Morgan fingerprint density at radius 1 is 1.20 bits per heavy atom. The molecule has 0 aromatic heterocycles. The minimum Gasteiger partial charge on any atom is -0.464 e. The molecule has 1 heterocycles. The Morgan fingerprint density at radius 2 is 1.88 bits per heavy atom. The quantitative estimate of drug-likeness (QED) is 0.785. The largest absolute Gasteiger partial charge is 0.464 e. The van der Waals surface area contributed by atoms with Gasteiger partial charge in [-0.25, -0.2) is 8.78 Å². The van der Waals surface area contributed by atoms with Crippen LogP contribution in [0.5, 0.6) is 0 Å². The van der Waals surface area contributed by atoms with Crippen LogP contribution in [0.25, 0.3) is 0 Å². The fraction of sp³-hybridized carbons (Fsp3) is 0.471. The molecule has 0 bridgehead atoms. The maximum absolute atomic E-state index is 13.3. The molecule has 1 unspecified atom stereocenters. The van der Waals surface area contributed by atoms with Crippen molar-refractivity contribution in [2.24, 2.45) is 11.8 Å². The lowest BCUT2D eigenvalue weighted by Crippen LogP contribution is -2.36. The maximum Gasteiger partial charge on any atom is 0.325 e. The number of rotatable bonds is 6. The third kappa shape index (κ3) is 4.52. The molecule has 2 amide bonds. The molecule has 3 rings (SSSR count). The van der Waals surface area contributed by atoms with E-state index in [2.05, 4.69) is 5.32 Å². The standard InChI is InChI=1S/C17H18F2N2O4/c18-12-4-13(19)6-14(5-12)21-8-11(3-15(21)22)17(24)20-7-16(23)25-9-10-1-2-10/h4-6,10-11H,1-3,7-9H2,(H,20,24). The Labute approximate surface area is 143 Å². The summed E-state index contributed by atoms with van der Waals surface area (Å²) in [6.07, 6.45) is 2.03. The summed E-state index contributed by atoms with van der Waals surface area (Å²) in [5.41, 5.74) is 0.0710. The molecule has 1 aliphatic heterocycles. The number of esters is 1. The Balaban J connectivity index is 1.52. The molecular weight excluding hydrogens is 334 g/mol. The van der Waals surface area contributed by atoms with Crippen molar-refractivity contribution >= 4 is 23.5 Å². The lowest BCUT2D eigenvalue weighted by atomic mass is 10.1. The number of amides is 2. The van der Waals surface area contributed by atoms with Crippen molar-refractivity contribution < 1.29 is 27.9 Å². The highest BCUT2D eigenvalue weighted by molar-refractivity contribution is 6.00. The number of nitrogens with zero attached hydrogens (tertiary/aromatic N) is 1. The normalized spacial score (nSPS) is 19.8. The van der Waals surface area contributed by atoms with E-state index in [4.69, 9.17) is 4.74 Å². The number of hydrogen-bond acceptors (Lipinski definition) is 4. The van der Waals surface area contributed by atoms with Gasteiger partial charge in [0.25, 0.3) is 0 Å². The molecule has 2 aliphatic rings. The number of anilines is 1. The zero-order valence-electron chi connectivity index (χ0n) is 13.5. The van der Waals surface area contributed by atoms with E-state index >= 15 is 0 Å². The zero-order chi connectivity index (χ0) is 18.0. The summed E-state index contributed by atoms with van der Waals surface area (Å²) < 4.78 is 31.6. The number of halogens is 2. The molecule has 1 aliphatic carbocycles. The minimum atomic E-state index is -0.797. The monoisotopic (exact) mass is 352 g/mol. The molecule has 1 aromatic rings. The minimum absolute atomic E-state index is 0.00464. The zero-order valence-corrected chi connectivity index (χ0v) is 13.5. The van der Waals surface area contributed by atoms with Gasteiger partial charge >= 0.3 is 5.97 Å². The number of benzene rings is 1. The van der Waals surface area contributed by atoms with Gasteiger partial charge in [-0.05, 0) is 30.9 Å². The number of ether oxygens (including phenoxy) is 1. The molecule has 0 spiro atoms. The van der Waals surface area contributed by atoms with Gasteiger partial charge in [0.15, 0.2) is 0 Å². The van der Waals surface area contributed by atoms with Crippen LogP contribution in [-0.4, -0.2) is 37.5 Å². The molecule has 134 valence electrons. The molecule has 1 saturated heterocycles. The molecule has 1 aromatic carbocycles. The van der Waals surface area contributed by atoms with Gasteiger partial charge in [0.2, 0.25) is 11.8 Å². The first-order chi connectivity index (χ1) is 11.9. The van der Waals surface area contributed by atoms with Crippen LogP contribution < -0.4 is 10.2 Å². The fourth-order valence-electron chi connectivity index (χ4n) is 2.68. The van der Waals surface area contributed by atoms with Gasteiger partial charge in [-0.3, -0.25) is 14.4 Å². The molecular formula is C17H18F2N2O4. The molecule has 6 nitrogen and oxygen atoms in total. The van der Waals surface area contributed by atoms with Crippen molar-refractivity contribution in [3.63, 3.8) is 0 Å². The first-order valence-electron chi connectivity index (χ1n) is 8.12. The Kier molecular flexibility index (Phi) is 4.96. The van der Waals surface area contributed by atoms with E-state index < -0.39 is 35.3 Å². The van der Waals surface area contributed by atoms with Crippen LogP contribution in [-0.2, 0) is 19.1 Å². The Bertz CT molecular complexity index is 686. The molecule has 1 saturated carbocycles. The van der Waals surface area contributed by atoms with Crippen LogP contribution in [0.3, 0.4) is 0 Å². The second-order valence-corrected chi connectivity index (χ2v) is 6.38. The van der Waals surface area contributed by atoms with Crippen LogP contribution in [0.2, 0.25) is 0 Å². The summed E-state index contributed by atoms with van der Waals surface area (Å²) in [6.45, 7) is 0.116. The van der Waals surface area contributed by atoms with Crippen LogP contribution in [0, 0.1) is 23.5 Å². The topological polar surface area (TPSA) is 75.7 Å². The third-order valence-electron chi connectivity index (χ3n) is 4.24. The summed E-state index contributed by atoms with van der Waals surface area (Å²) >= 11 is 0. The van der Waals surface area contributed by atoms with Gasteiger partial charge in [-0.15, -0.1) is 0 Å². The number of carbonyl (C=O) groups excluding carboxylic acids is 3. The van der Waals surface area contributed by atoms with E-state index in [1.54, 1.807) is 0 Å². The molecule has 2 fully saturated rings. The lowest BCUT2D eigenvalue weighted by Gasteiger charge is -2.17. The van der Waals surface area contributed by atoms with Crippen LogP contribution in [0.4, 0.5) is 14.5 Å². The number of carbonyl (C=O) groups is 3. The summed E-state index contributed by atoms with van der Waals surface area (Å²) in [5.74, 6) is -3.23. The average molecular weight is 352 g/mol. The van der Waals surface area contributed by atoms with E-state index in [0.717, 1.165) is 25.0 Å². The van der Waals surface area contributed by atoms with Gasteiger partial charge in [0.1, 0.15) is 18.2 Å². The van der Waals surface area contributed by atoms with Gasteiger partial charge < -0.3 is 15.0 Å². The SMILES string of the molecule is O=C(CNC(=O)C1CC(=O)N(c2cc(F)cc(F)c2)C1)OCC1CC1. The van der Waals surface area contributed by atoms with Crippen molar-refractivity contribution in [3.8, 4) is 0 Å². The van der Waals surface area contributed by atoms with Crippen LogP contribution in [0.15, 0.2) is 18.2 Å². The van der Waals surface area contributed by atoms with E-state index in [1.807, 2.05) is 0 Å². The predicted molar refractivity (Wildman–Crippen MR) is 83.5 cm³/mol. The van der Waals surface area contributed by atoms with Crippen molar-refractivity contribution in [3.05, 3.63) is 29.8 Å². The van der Waals surface area contributed by atoms with E-state index in [9.17, 15) is 23.2 Å². The second kappa shape index (κ2) is 7.16. The molecule has 1 N–H and O–H groups in total. The summed E-state index contributed by atoms with van der Waals surface area (Å²) in [4.78, 5) is 36.8. The van der Waals surface area contributed by atoms with Gasteiger partial charge in [0.05, 0.1) is 12.5 Å². The highest BCUT2D eigenvalue weighted by atomic mass is 19.1. The first-order valence-corrected chi connectivity index (χ1v) is 8.12. The molecule has 25 heavy (non-hydrogen) atoms. The molecule has 8 heteroatoms. The summed E-state index contributed by atoms with van der Waals surface area (Å²) in [7, 11) is 0. The highest BCUT2D eigenvalue weighted by Gasteiger charge is 2.35. The van der Waals surface area contributed by atoms with Gasteiger partial charge in [-0.1, -0.05) is 0 Å². The van der Waals surface area contributed by atoms with Crippen molar-refractivity contribution in [2.45, 2.75) is 19.3 Å². The summed E-state index contributed by atoms with van der Waals surface area (Å²) in [6, 6.07) is 2.79. The van der Waals surface area contributed by atoms with Gasteiger partial charge in [-0.2, -0.15) is 0 Å². The van der Waals surface area contributed by atoms with Crippen molar-refractivity contribution in [1.29, 1.82) is 0 Å². The molecule has 0 radical (unpaired) electrons. The average Bonchev–Trinajstić information content (AvgIpc) is 3.30. The first kappa shape index (κ1) is 17.3. The third-order valence-corrected chi connectivity index (χ3v) is 4.24. The maximum atomic E-state index is 13.3. The Hall–Kier alpha value is -2.51. The van der Waals surface area contributed by atoms with Crippen molar-refractivity contribution in [1.82, 2.24) is 5.32 Å². The van der Waals surface area contributed by atoms with E-state index in [0.29, 0.717) is 18.6 Å². The second-order valence-electron chi connectivity index (χ2n) is 6.38. The van der Waals surface area contributed by atoms with E-state index in [1.165, 1.54) is 4.90 Å². The number of hydrogen-bond donors (Lipinski definition) is 1. The lowest BCUT2D eigenvalue weighted by molar-refractivity contribution is -0.144. The predicted octanol–water partition coefficient (Wildman–Crippen LogP) is 1.39. The fourth-order valence-corrected chi connectivity index (χ4v) is 2.68.